The van der Waals surface area contributed by atoms with Crippen molar-refractivity contribution < 1.29 is 0 Å². The van der Waals surface area contributed by atoms with Crippen LogP contribution in [-0.2, 0) is 0 Å². The highest BCUT2D eigenvalue weighted by atomic mass is 14.4. The van der Waals surface area contributed by atoms with Gasteiger partial charge in [-0.15, -0.1) is 0 Å². The first-order valence-corrected chi connectivity index (χ1v) is 11.2. The molecule has 0 aromatic rings. The summed E-state index contributed by atoms with van der Waals surface area (Å²) in [5.74, 6) is 4.21. The Bertz CT molecular complexity index is 257. The SMILES string of the molecule is CCCCCCCCCCC(CC)CCC(C)C1CC1CCC. The van der Waals surface area contributed by atoms with E-state index < -0.39 is 0 Å². The molecule has 23 heavy (non-hydrogen) atoms. The maximum atomic E-state index is 2.53. The first kappa shape index (κ1) is 21.0. The van der Waals surface area contributed by atoms with Crippen LogP contribution in [0.15, 0.2) is 0 Å². The molecule has 1 aliphatic rings. The molecule has 0 spiro atoms. The lowest BCUT2D eigenvalue weighted by Gasteiger charge is -2.18. The molecule has 0 radical (unpaired) electrons. The lowest BCUT2D eigenvalue weighted by atomic mass is 9.88. The first-order valence-electron chi connectivity index (χ1n) is 11.2. The third-order valence-corrected chi connectivity index (χ3v) is 6.44. The Hall–Kier alpha value is 0. The van der Waals surface area contributed by atoms with Crippen LogP contribution in [0.3, 0.4) is 0 Å². The fourth-order valence-corrected chi connectivity index (χ4v) is 4.50. The summed E-state index contributed by atoms with van der Waals surface area (Å²) < 4.78 is 0. The van der Waals surface area contributed by atoms with Crippen molar-refractivity contribution >= 4 is 0 Å². The van der Waals surface area contributed by atoms with Crippen LogP contribution in [0.2, 0.25) is 0 Å². The standard InChI is InChI=1S/C23H46/c1-5-8-9-10-11-12-13-14-16-21(7-3)18-17-20(4)23-19-22(23)15-6-2/h20-23H,5-19H2,1-4H3. The van der Waals surface area contributed by atoms with Crippen molar-refractivity contribution in [3.8, 4) is 0 Å². The molecule has 1 aliphatic carbocycles. The highest BCUT2D eigenvalue weighted by Crippen LogP contribution is 2.48. The molecule has 138 valence electrons. The molecular formula is C23H46. The smallest absolute Gasteiger partial charge is 0.0357 e. The van der Waals surface area contributed by atoms with Crippen LogP contribution in [0.1, 0.15) is 124 Å². The van der Waals surface area contributed by atoms with Gasteiger partial charge >= 0.3 is 0 Å². The second-order valence-corrected chi connectivity index (χ2v) is 8.54. The van der Waals surface area contributed by atoms with E-state index in [1.54, 1.807) is 6.42 Å². The summed E-state index contributed by atoms with van der Waals surface area (Å²) in [6, 6.07) is 0. The molecule has 1 fully saturated rings. The molecule has 1 rings (SSSR count). The Morgan fingerprint density at radius 2 is 1.39 bits per heavy atom. The predicted molar refractivity (Wildman–Crippen MR) is 106 cm³/mol. The first-order chi connectivity index (χ1) is 11.2. The van der Waals surface area contributed by atoms with E-state index in [2.05, 4.69) is 27.7 Å². The summed E-state index contributed by atoms with van der Waals surface area (Å²) in [5, 5.41) is 0. The van der Waals surface area contributed by atoms with E-state index in [4.69, 9.17) is 0 Å². The van der Waals surface area contributed by atoms with E-state index in [-0.39, 0.29) is 0 Å². The van der Waals surface area contributed by atoms with Gasteiger partial charge in [-0.2, -0.15) is 0 Å². The summed E-state index contributed by atoms with van der Waals surface area (Å²) in [6.45, 7) is 9.59. The molecule has 1 saturated carbocycles. The Labute approximate surface area is 148 Å². The van der Waals surface area contributed by atoms with E-state index in [1.165, 1.54) is 89.9 Å². The molecule has 0 aliphatic heterocycles. The highest BCUT2D eigenvalue weighted by Gasteiger charge is 2.39. The molecule has 0 bridgehead atoms. The fraction of sp³-hybridized carbons (Fsp3) is 1.00. The van der Waals surface area contributed by atoms with Gasteiger partial charge in [0.15, 0.2) is 0 Å². The molecule has 0 N–H and O–H groups in total. The minimum atomic E-state index is 0.999. The van der Waals surface area contributed by atoms with Crippen LogP contribution in [-0.4, -0.2) is 0 Å². The molecule has 4 atom stereocenters. The number of rotatable bonds is 16. The molecule has 4 unspecified atom stereocenters. The van der Waals surface area contributed by atoms with Crippen molar-refractivity contribution in [2.75, 3.05) is 0 Å². The van der Waals surface area contributed by atoms with Crippen LogP contribution in [0.5, 0.6) is 0 Å². The Morgan fingerprint density at radius 1 is 0.739 bits per heavy atom. The van der Waals surface area contributed by atoms with E-state index in [9.17, 15) is 0 Å². The Morgan fingerprint density at radius 3 is 2.00 bits per heavy atom. The monoisotopic (exact) mass is 322 g/mol. The van der Waals surface area contributed by atoms with Gasteiger partial charge < -0.3 is 0 Å². The number of hydrogen-bond acceptors (Lipinski definition) is 0. The van der Waals surface area contributed by atoms with Crippen molar-refractivity contribution in [1.82, 2.24) is 0 Å². The number of unbranched alkanes of at least 4 members (excludes halogenated alkanes) is 7. The van der Waals surface area contributed by atoms with Crippen molar-refractivity contribution in [3.63, 3.8) is 0 Å². The topological polar surface area (TPSA) is 0 Å². The fourth-order valence-electron chi connectivity index (χ4n) is 4.50. The molecular weight excluding hydrogens is 276 g/mol. The summed E-state index contributed by atoms with van der Waals surface area (Å²) in [6.07, 6.45) is 22.0. The average Bonchev–Trinajstić information content (AvgIpc) is 3.32. The van der Waals surface area contributed by atoms with Gasteiger partial charge in [-0.3, -0.25) is 0 Å². The molecule has 0 heterocycles. The van der Waals surface area contributed by atoms with E-state index in [0.29, 0.717) is 0 Å². The zero-order valence-electron chi connectivity index (χ0n) is 16.9. The molecule has 0 aromatic heterocycles. The summed E-state index contributed by atoms with van der Waals surface area (Å²) in [7, 11) is 0. The summed E-state index contributed by atoms with van der Waals surface area (Å²) in [5.41, 5.74) is 0. The van der Waals surface area contributed by atoms with Crippen LogP contribution in [0, 0.1) is 23.7 Å². The lowest BCUT2D eigenvalue weighted by Crippen LogP contribution is -2.05. The summed E-state index contributed by atoms with van der Waals surface area (Å²) in [4.78, 5) is 0. The molecule has 0 saturated heterocycles. The minimum absolute atomic E-state index is 0.999. The minimum Gasteiger partial charge on any atom is -0.0654 e. The second kappa shape index (κ2) is 13.3. The maximum Gasteiger partial charge on any atom is -0.0357 e. The molecule has 0 amide bonds. The van der Waals surface area contributed by atoms with Gasteiger partial charge in [0.25, 0.3) is 0 Å². The molecule has 0 heteroatoms. The van der Waals surface area contributed by atoms with Crippen LogP contribution >= 0.6 is 0 Å². The highest BCUT2D eigenvalue weighted by molar-refractivity contribution is 4.89. The van der Waals surface area contributed by atoms with Crippen LogP contribution in [0.4, 0.5) is 0 Å². The van der Waals surface area contributed by atoms with Gasteiger partial charge in [0.05, 0.1) is 0 Å². The maximum absolute atomic E-state index is 2.53. The lowest BCUT2D eigenvalue weighted by molar-refractivity contribution is 0.341. The average molecular weight is 323 g/mol. The van der Waals surface area contributed by atoms with Gasteiger partial charge in [-0.1, -0.05) is 118 Å². The van der Waals surface area contributed by atoms with E-state index in [0.717, 1.165) is 23.7 Å². The predicted octanol–water partition coefficient (Wildman–Crippen LogP) is 8.40. The van der Waals surface area contributed by atoms with Gasteiger partial charge in [0.2, 0.25) is 0 Å². The van der Waals surface area contributed by atoms with Crippen LogP contribution in [0.25, 0.3) is 0 Å². The third-order valence-electron chi connectivity index (χ3n) is 6.44. The quantitative estimate of drug-likeness (QED) is 0.250. The van der Waals surface area contributed by atoms with E-state index >= 15 is 0 Å². The van der Waals surface area contributed by atoms with Crippen molar-refractivity contribution in [2.24, 2.45) is 23.7 Å². The molecule has 0 aromatic carbocycles. The zero-order chi connectivity index (χ0) is 16.9. The van der Waals surface area contributed by atoms with Crippen molar-refractivity contribution in [1.29, 1.82) is 0 Å². The Balaban J connectivity index is 1.97. The zero-order valence-corrected chi connectivity index (χ0v) is 16.9. The third kappa shape index (κ3) is 9.78. The van der Waals surface area contributed by atoms with Gasteiger partial charge in [-0.05, 0) is 30.1 Å². The van der Waals surface area contributed by atoms with Crippen molar-refractivity contribution in [2.45, 2.75) is 124 Å². The Kier molecular flexibility index (Phi) is 12.2. The van der Waals surface area contributed by atoms with Gasteiger partial charge in [-0.25, -0.2) is 0 Å². The molecule has 0 nitrogen and oxygen atoms in total. The van der Waals surface area contributed by atoms with Gasteiger partial charge in [0, 0.05) is 0 Å². The second-order valence-electron chi connectivity index (χ2n) is 8.54. The van der Waals surface area contributed by atoms with Crippen molar-refractivity contribution in [3.05, 3.63) is 0 Å². The normalized spacial score (nSPS) is 23.0. The largest absolute Gasteiger partial charge is 0.0654 e. The summed E-state index contributed by atoms with van der Waals surface area (Å²) >= 11 is 0. The van der Waals surface area contributed by atoms with Crippen LogP contribution < -0.4 is 0 Å². The van der Waals surface area contributed by atoms with Gasteiger partial charge in [0.1, 0.15) is 0 Å². The number of hydrogen-bond donors (Lipinski definition) is 0. The van der Waals surface area contributed by atoms with E-state index in [1.807, 2.05) is 0 Å².